The summed E-state index contributed by atoms with van der Waals surface area (Å²) in [5.41, 5.74) is 5.86. The van der Waals surface area contributed by atoms with Gasteiger partial charge in [-0.1, -0.05) is 5.16 Å². The average Bonchev–Trinajstić information content (AvgIpc) is 3.52. The first kappa shape index (κ1) is 26.3. The Bertz CT molecular complexity index is 1850. The molecule has 0 aliphatic carbocycles. The molecule has 5 heterocycles. The number of aliphatic hydroxyl groups excluding tert-OH is 1. The van der Waals surface area contributed by atoms with Crippen molar-refractivity contribution < 1.29 is 28.6 Å². The second kappa shape index (κ2) is 10.0. The number of piperidine rings is 1. The van der Waals surface area contributed by atoms with E-state index < -0.39 is 0 Å². The summed E-state index contributed by atoms with van der Waals surface area (Å²) in [6.45, 7) is 7.31. The largest absolute Gasteiger partial charge is 0.496 e. The van der Waals surface area contributed by atoms with Crippen LogP contribution in [0, 0.1) is 20.8 Å². The van der Waals surface area contributed by atoms with Crippen LogP contribution >= 0.6 is 0 Å². The van der Waals surface area contributed by atoms with Crippen LogP contribution in [-0.4, -0.2) is 75.5 Å². The molecule has 2 N–H and O–H groups in total. The van der Waals surface area contributed by atoms with Gasteiger partial charge in [-0.3, -0.25) is 4.79 Å². The van der Waals surface area contributed by atoms with Crippen molar-refractivity contribution in [1.82, 2.24) is 25.0 Å². The first-order valence-corrected chi connectivity index (χ1v) is 14.1. The van der Waals surface area contributed by atoms with Crippen LogP contribution in [0.15, 0.2) is 28.8 Å². The minimum atomic E-state index is -0.372. The molecule has 11 heteroatoms. The van der Waals surface area contributed by atoms with Gasteiger partial charge in [-0.05, 0) is 57.9 Å². The topological polar surface area (TPSA) is 136 Å². The number of carbonyl (C=O) groups excluding carboxylic acids is 1. The van der Waals surface area contributed by atoms with Crippen LogP contribution < -0.4 is 14.2 Å². The molecule has 0 bridgehead atoms. The summed E-state index contributed by atoms with van der Waals surface area (Å²) in [4.78, 5) is 28.3. The van der Waals surface area contributed by atoms with E-state index in [4.69, 9.17) is 28.7 Å². The predicted octanol–water partition coefficient (Wildman–Crippen LogP) is 4.74. The summed E-state index contributed by atoms with van der Waals surface area (Å²) in [5.74, 6) is 2.72. The van der Waals surface area contributed by atoms with E-state index in [-0.39, 0.29) is 12.0 Å². The van der Waals surface area contributed by atoms with E-state index >= 15 is 0 Å². The fraction of sp³-hybridized carbons (Fsp3) is 0.355. The number of aromatic amines is 1. The molecule has 1 saturated heterocycles. The summed E-state index contributed by atoms with van der Waals surface area (Å²) >= 11 is 0. The van der Waals surface area contributed by atoms with Gasteiger partial charge in [0.15, 0.2) is 11.5 Å². The molecule has 3 aromatic heterocycles. The second-order valence-corrected chi connectivity index (χ2v) is 10.8. The number of amides is 1. The third-order valence-corrected chi connectivity index (χ3v) is 8.11. The van der Waals surface area contributed by atoms with Gasteiger partial charge >= 0.3 is 0 Å². The van der Waals surface area contributed by atoms with Crippen LogP contribution in [0.25, 0.3) is 44.3 Å². The van der Waals surface area contributed by atoms with Crippen molar-refractivity contribution in [2.45, 2.75) is 39.7 Å². The summed E-state index contributed by atoms with van der Waals surface area (Å²) < 4.78 is 23.5. The third kappa shape index (κ3) is 4.14. The molecule has 2 aliphatic rings. The molecule has 0 unspecified atom stereocenters. The summed E-state index contributed by atoms with van der Waals surface area (Å²) in [7, 11) is 1.64. The summed E-state index contributed by atoms with van der Waals surface area (Å²) in [6.07, 6.45) is 0.747. The van der Waals surface area contributed by atoms with Crippen LogP contribution in [0.2, 0.25) is 0 Å². The Morgan fingerprint density at radius 3 is 2.52 bits per heavy atom. The lowest BCUT2D eigenvalue weighted by atomic mass is 9.98. The van der Waals surface area contributed by atoms with E-state index in [9.17, 15) is 9.90 Å². The number of benzene rings is 2. The number of aromatic nitrogens is 4. The van der Waals surface area contributed by atoms with E-state index in [0.29, 0.717) is 90.4 Å². The van der Waals surface area contributed by atoms with Crippen LogP contribution in [0.3, 0.4) is 0 Å². The highest BCUT2D eigenvalue weighted by atomic mass is 16.6. The van der Waals surface area contributed by atoms with Crippen LogP contribution in [0.5, 0.6) is 17.2 Å². The minimum Gasteiger partial charge on any atom is -0.496 e. The van der Waals surface area contributed by atoms with Gasteiger partial charge in [-0.25, -0.2) is 9.97 Å². The Labute approximate surface area is 241 Å². The Morgan fingerprint density at radius 1 is 1.05 bits per heavy atom. The Balaban J connectivity index is 1.41. The predicted molar refractivity (Wildman–Crippen MR) is 155 cm³/mol. The van der Waals surface area contributed by atoms with Gasteiger partial charge in [0.1, 0.15) is 36.2 Å². The molecular weight excluding hydrogens is 538 g/mol. The number of aliphatic hydroxyl groups is 1. The maximum Gasteiger partial charge on any atom is 0.257 e. The third-order valence-electron chi connectivity index (χ3n) is 8.11. The number of H-pyrrole nitrogens is 1. The molecule has 2 aliphatic heterocycles. The average molecular weight is 570 g/mol. The number of hydrogen-bond acceptors (Lipinski definition) is 9. The molecule has 11 nitrogen and oxygen atoms in total. The quantitative estimate of drug-likeness (QED) is 0.315. The van der Waals surface area contributed by atoms with Crippen molar-refractivity contribution in [2.75, 3.05) is 33.4 Å². The van der Waals surface area contributed by atoms with Gasteiger partial charge in [0.2, 0.25) is 0 Å². The highest BCUT2D eigenvalue weighted by Crippen LogP contribution is 2.46. The van der Waals surface area contributed by atoms with Gasteiger partial charge in [0, 0.05) is 35.1 Å². The van der Waals surface area contributed by atoms with Gasteiger partial charge in [0.25, 0.3) is 5.91 Å². The molecule has 0 atom stereocenters. The molecule has 0 saturated carbocycles. The number of hydrogen-bond donors (Lipinski definition) is 2. The lowest BCUT2D eigenvalue weighted by Gasteiger charge is -2.31. The van der Waals surface area contributed by atoms with Gasteiger partial charge < -0.3 is 33.7 Å². The van der Waals surface area contributed by atoms with E-state index in [1.165, 1.54) is 0 Å². The molecule has 7 rings (SSSR count). The number of nitrogens with one attached hydrogen (secondary N) is 1. The van der Waals surface area contributed by atoms with Gasteiger partial charge in [-0.15, -0.1) is 0 Å². The zero-order valence-corrected chi connectivity index (χ0v) is 23.9. The van der Waals surface area contributed by atoms with Crippen molar-refractivity contribution in [2.24, 2.45) is 0 Å². The number of nitrogens with zero attached hydrogens (tertiary/aromatic N) is 4. The molecule has 1 amide bonds. The maximum atomic E-state index is 13.5. The molecule has 0 spiro atoms. The molecule has 0 radical (unpaired) electrons. The molecule has 1 fully saturated rings. The zero-order valence-electron chi connectivity index (χ0n) is 23.9. The van der Waals surface area contributed by atoms with Crippen molar-refractivity contribution in [3.8, 4) is 39.6 Å². The highest BCUT2D eigenvalue weighted by molar-refractivity contribution is 6.14. The number of rotatable bonds is 4. The Morgan fingerprint density at radius 2 is 1.81 bits per heavy atom. The van der Waals surface area contributed by atoms with E-state index in [0.717, 1.165) is 33.1 Å². The first-order chi connectivity index (χ1) is 20.3. The van der Waals surface area contributed by atoms with Gasteiger partial charge in [0.05, 0.1) is 41.1 Å². The van der Waals surface area contributed by atoms with Crippen molar-refractivity contribution in [3.05, 3.63) is 47.1 Å². The number of aryl methyl sites for hydroxylation is 3. The SMILES string of the molecule is COc1cc2c(cc1-c1c(C)noc1C)[nH]c1nc(C)nc(-c3ccc(C(=O)N4CCC(O)CC4)c4c3OCCO4)c12. The normalized spacial score (nSPS) is 15.5. The van der Waals surface area contributed by atoms with Crippen molar-refractivity contribution in [1.29, 1.82) is 0 Å². The summed E-state index contributed by atoms with van der Waals surface area (Å²) in [6, 6.07) is 7.65. The smallest absolute Gasteiger partial charge is 0.257 e. The molecule has 5 aromatic rings. The monoisotopic (exact) mass is 569 g/mol. The number of fused-ring (bicyclic) bond motifs is 4. The maximum absolute atomic E-state index is 13.5. The Hall–Kier alpha value is -4.64. The Kier molecular flexibility index (Phi) is 6.27. The lowest BCUT2D eigenvalue weighted by Crippen LogP contribution is -2.40. The van der Waals surface area contributed by atoms with E-state index in [2.05, 4.69) is 10.1 Å². The van der Waals surface area contributed by atoms with Gasteiger partial charge in [-0.2, -0.15) is 0 Å². The molecular formula is C31H31N5O6. The number of ether oxygens (including phenoxy) is 3. The van der Waals surface area contributed by atoms with Crippen molar-refractivity contribution >= 4 is 27.8 Å². The standard InChI is InChI=1S/C31H31N5O6/c1-15-25(16(2)42-35-15)22-13-23-21(14-24(22)39-4)26-27(32-17(3)33-30(26)34-23)19-5-6-20(29-28(19)40-11-12-41-29)31(38)36-9-7-18(37)8-10-36/h5-6,13-14,18,37H,7-12H2,1-4H3,(H,32,33,34). The van der Waals surface area contributed by atoms with E-state index in [1.54, 1.807) is 18.1 Å². The first-order valence-electron chi connectivity index (χ1n) is 14.1. The number of likely N-dealkylation sites (tertiary alicyclic amines) is 1. The fourth-order valence-electron chi connectivity index (χ4n) is 6.09. The molecule has 2 aromatic carbocycles. The van der Waals surface area contributed by atoms with Crippen LogP contribution in [-0.2, 0) is 0 Å². The lowest BCUT2D eigenvalue weighted by molar-refractivity contribution is 0.0539. The minimum absolute atomic E-state index is 0.136. The van der Waals surface area contributed by atoms with E-state index in [1.807, 2.05) is 39.0 Å². The highest BCUT2D eigenvalue weighted by Gasteiger charge is 2.31. The molecule has 216 valence electrons. The fourth-order valence-corrected chi connectivity index (χ4v) is 6.09. The zero-order chi connectivity index (χ0) is 29.1. The summed E-state index contributed by atoms with van der Waals surface area (Å²) in [5, 5.41) is 15.7. The number of methoxy groups -OCH3 is 1. The van der Waals surface area contributed by atoms with Crippen molar-refractivity contribution in [3.63, 3.8) is 0 Å². The molecule has 42 heavy (non-hydrogen) atoms. The number of carbonyl (C=O) groups is 1. The van der Waals surface area contributed by atoms with Crippen LogP contribution in [0.4, 0.5) is 0 Å². The van der Waals surface area contributed by atoms with Crippen LogP contribution in [0.1, 0.15) is 40.5 Å². The second-order valence-electron chi connectivity index (χ2n) is 10.8.